The van der Waals surface area contributed by atoms with Gasteiger partial charge < -0.3 is 4.74 Å². The van der Waals surface area contributed by atoms with Crippen LogP contribution in [0.2, 0.25) is 0 Å². The van der Waals surface area contributed by atoms with E-state index in [4.69, 9.17) is 16.3 Å². The standard InChI is InChI=1S/C12H16ClNO2S/c1-16-12(5-3-2-4-6-12)11-14-9(8-17-11)10(15)7-13/h8H,2-7H2,1H3. The van der Waals surface area contributed by atoms with Gasteiger partial charge >= 0.3 is 0 Å². The molecule has 1 heterocycles. The van der Waals surface area contributed by atoms with Gasteiger partial charge in [0.15, 0.2) is 5.78 Å². The van der Waals surface area contributed by atoms with Crippen LogP contribution in [0.25, 0.3) is 0 Å². The highest BCUT2D eigenvalue weighted by Crippen LogP contribution is 2.41. The van der Waals surface area contributed by atoms with E-state index in [0.29, 0.717) is 5.69 Å². The quantitative estimate of drug-likeness (QED) is 0.624. The van der Waals surface area contributed by atoms with Gasteiger partial charge in [-0.25, -0.2) is 4.98 Å². The Bertz CT molecular complexity index is 399. The lowest BCUT2D eigenvalue weighted by molar-refractivity contribution is -0.0446. The van der Waals surface area contributed by atoms with Crippen molar-refractivity contribution >= 4 is 28.7 Å². The van der Waals surface area contributed by atoms with Gasteiger partial charge in [-0.2, -0.15) is 0 Å². The van der Waals surface area contributed by atoms with E-state index >= 15 is 0 Å². The molecule has 0 atom stereocenters. The Balaban J connectivity index is 2.25. The number of aromatic nitrogens is 1. The number of carbonyl (C=O) groups is 1. The summed E-state index contributed by atoms with van der Waals surface area (Å²) in [5, 5.41) is 2.71. The van der Waals surface area contributed by atoms with Crippen molar-refractivity contribution in [2.45, 2.75) is 37.7 Å². The first-order valence-electron chi connectivity index (χ1n) is 5.82. The smallest absolute Gasteiger partial charge is 0.196 e. The number of rotatable bonds is 4. The number of methoxy groups -OCH3 is 1. The summed E-state index contributed by atoms with van der Waals surface area (Å²) in [5.74, 6) is -0.125. The van der Waals surface area contributed by atoms with E-state index in [1.165, 1.54) is 17.8 Å². The number of ketones is 1. The number of Topliss-reactive ketones (excluding diaryl/α,β-unsaturated/α-hetero) is 1. The van der Waals surface area contributed by atoms with Crippen molar-refractivity contribution in [3.63, 3.8) is 0 Å². The molecule has 0 saturated heterocycles. The zero-order valence-corrected chi connectivity index (χ0v) is 11.4. The van der Waals surface area contributed by atoms with Crippen LogP contribution in [0.4, 0.5) is 0 Å². The van der Waals surface area contributed by atoms with Crippen molar-refractivity contribution in [3.8, 4) is 0 Å². The summed E-state index contributed by atoms with van der Waals surface area (Å²) < 4.78 is 5.70. The summed E-state index contributed by atoms with van der Waals surface area (Å²) >= 11 is 7.04. The van der Waals surface area contributed by atoms with Crippen molar-refractivity contribution in [2.24, 2.45) is 0 Å². The van der Waals surface area contributed by atoms with Gasteiger partial charge in [0, 0.05) is 12.5 Å². The molecule has 94 valence electrons. The predicted molar refractivity (Wildman–Crippen MR) is 68.9 cm³/mol. The van der Waals surface area contributed by atoms with Gasteiger partial charge in [-0.3, -0.25) is 4.79 Å². The van der Waals surface area contributed by atoms with Crippen molar-refractivity contribution in [2.75, 3.05) is 13.0 Å². The molecule has 1 fully saturated rings. The maximum Gasteiger partial charge on any atom is 0.196 e. The van der Waals surface area contributed by atoms with Crippen LogP contribution in [-0.2, 0) is 10.3 Å². The van der Waals surface area contributed by atoms with Gasteiger partial charge in [0.25, 0.3) is 0 Å². The van der Waals surface area contributed by atoms with E-state index in [2.05, 4.69) is 4.98 Å². The van der Waals surface area contributed by atoms with Crippen molar-refractivity contribution < 1.29 is 9.53 Å². The molecular formula is C12H16ClNO2S. The lowest BCUT2D eigenvalue weighted by Gasteiger charge is -2.33. The Morgan fingerprint density at radius 2 is 2.24 bits per heavy atom. The first-order valence-corrected chi connectivity index (χ1v) is 7.23. The molecule has 0 bridgehead atoms. The molecule has 1 aromatic rings. The summed E-state index contributed by atoms with van der Waals surface area (Å²) in [5.41, 5.74) is 0.204. The maximum absolute atomic E-state index is 11.5. The second kappa shape index (κ2) is 5.46. The molecule has 0 amide bonds. The fourth-order valence-corrected chi connectivity index (χ4v) is 3.51. The van der Waals surface area contributed by atoms with E-state index < -0.39 is 0 Å². The van der Waals surface area contributed by atoms with Crippen molar-refractivity contribution in [1.82, 2.24) is 4.98 Å². The topological polar surface area (TPSA) is 39.2 Å². The highest BCUT2D eigenvalue weighted by molar-refractivity contribution is 7.10. The SMILES string of the molecule is COC1(c2nc(C(=O)CCl)cs2)CCCCC1. The summed E-state index contributed by atoms with van der Waals surface area (Å²) in [6, 6.07) is 0. The zero-order valence-electron chi connectivity index (χ0n) is 9.87. The van der Waals surface area contributed by atoms with E-state index in [0.717, 1.165) is 30.7 Å². The van der Waals surface area contributed by atoms with Crippen LogP contribution in [0.1, 0.15) is 47.6 Å². The van der Waals surface area contributed by atoms with E-state index in [-0.39, 0.29) is 17.3 Å². The minimum absolute atomic E-state index is 0.0108. The fraction of sp³-hybridized carbons (Fsp3) is 0.667. The van der Waals surface area contributed by atoms with Crippen molar-refractivity contribution in [1.29, 1.82) is 0 Å². The number of thiazole rings is 1. The molecule has 0 spiro atoms. The van der Waals surface area contributed by atoms with E-state index in [9.17, 15) is 4.79 Å². The molecule has 0 radical (unpaired) electrons. The van der Waals surface area contributed by atoms with Crippen LogP contribution in [0.15, 0.2) is 5.38 Å². The summed E-state index contributed by atoms with van der Waals surface area (Å²) in [4.78, 5) is 15.9. The molecule has 0 N–H and O–H groups in total. The number of hydrogen-bond donors (Lipinski definition) is 0. The number of alkyl halides is 1. The first kappa shape index (κ1) is 13.0. The molecule has 0 aliphatic heterocycles. The molecule has 1 aromatic heterocycles. The molecule has 2 rings (SSSR count). The van der Waals surface area contributed by atoms with E-state index in [1.54, 1.807) is 12.5 Å². The molecule has 1 saturated carbocycles. The highest BCUT2D eigenvalue weighted by Gasteiger charge is 2.36. The van der Waals surface area contributed by atoms with E-state index in [1.807, 2.05) is 0 Å². The number of ether oxygens (including phenoxy) is 1. The summed E-state index contributed by atoms with van der Waals surface area (Å²) in [6.07, 6.45) is 5.55. The Morgan fingerprint density at radius 3 is 2.82 bits per heavy atom. The van der Waals surface area contributed by atoms with Gasteiger partial charge in [-0.05, 0) is 12.8 Å². The maximum atomic E-state index is 11.5. The number of nitrogens with zero attached hydrogens (tertiary/aromatic N) is 1. The number of hydrogen-bond acceptors (Lipinski definition) is 4. The second-order valence-electron chi connectivity index (χ2n) is 4.35. The number of carbonyl (C=O) groups excluding carboxylic acids is 1. The van der Waals surface area contributed by atoms with Crippen LogP contribution < -0.4 is 0 Å². The lowest BCUT2D eigenvalue weighted by atomic mass is 9.85. The van der Waals surface area contributed by atoms with Gasteiger partial charge in [-0.15, -0.1) is 22.9 Å². The second-order valence-corrected chi connectivity index (χ2v) is 5.48. The lowest BCUT2D eigenvalue weighted by Crippen LogP contribution is -2.31. The highest BCUT2D eigenvalue weighted by atomic mass is 35.5. The Morgan fingerprint density at radius 1 is 1.53 bits per heavy atom. The van der Waals surface area contributed by atoms with Gasteiger partial charge in [0.05, 0.1) is 5.88 Å². The fourth-order valence-electron chi connectivity index (χ4n) is 2.31. The summed E-state index contributed by atoms with van der Waals surface area (Å²) in [7, 11) is 1.73. The van der Waals surface area contributed by atoms with Gasteiger partial charge in [0.1, 0.15) is 16.3 Å². The Labute approximate surface area is 110 Å². The molecule has 17 heavy (non-hydrogen) atoms. The molecule has 1 aliphatic rings. The Hall–Kier alpha value is -0.450. The normalized spacial score (nSPS) is 19.2. The molecule has 0 aromatic carbocycles. The average molecular weight is 274 g/mol. The molecule has 5 heteroatoms. The first-order chi connectivity index (χ1) is 8.22. The van der Waals surface area contributed by atoms with Crippen LogP contribution in [0.5, 0.6) is 0 Å². The van der Waals surface area contributed by atoms with Crippen LogP contribution in [0.3, 0.4) is 0 Å². The minimum Gasteiger partial charge on any atom is -0.371 e. The molecule has 3 nitrogen and oxygen atoms in total. The monoisotopic (exact) mass is 273 g/mol. The third kappa shape index (κ3) is 2.54. The van der Waals surface area contributed by atoms with Crippen LogP contribution in [-0.4, -0.2) is 23.8 Å². The third-order valence-electron chi connectivity index (χ3n) is 3.35. The van der Waals surface area contributed by atoms with Crippen LogP contribution >= 0.6 is 22.9 Å². The zero-order chi connectivity index (χ0) is 12.3. The molecule has 0 unspecified atom stereocenters. The van der Waals surface area contributed by atoms with Crippen LogP contribution in [0, 0.1) is 0 Å². The average Bonchev–Trinajstić information content (AvgIpc) is 2.88. The third-order valence-corrected chi connectivity index (χ3v) is 4.62. The number of halogens is 1. The van der Waals surface area contributed by atoms with Gasteiger partial charge in [-0.1, -0.05) is 19.3 Å². The minimum atomic E-state index is -0.270. The Kier molecular flexibility index (Phi) is 4.17. The largest absolute Gasteiger partial charge is 0.371 e. The summed E-state index contributed by atoms with van der Waals surface area (Å²) in [6.45, 7) is 0. The molecular weight excluding hydrogens is 258 g/mol. The van der Waals surface area contributed by atoms with Gasteiger partial charge in [0.2, 0.25) is 0 Å². The van der Waals surface area contributed by atoms with Crippen molar-refractivity contribution in [3.05, 3.63) is 16.1 Å². The molecule has 1 aliphatic carbocycles. The predicted octanol–water partition coefficient (Wildman–Crippen LogP) is 3.37.